The van der Waals surface area contributed by atoms with Crippen molar-refractivity contribution in [1.29, 1.82) is 0 Å². The van der Waals surface area contributed by atoms with Crippen molar-refractivity contribution >= 4 is 39.7 Å². The predicted octanol–water partition coefficient (Wildman–Crippen LogP) is 3.17. The van der Waals surface area contributed by atoms with Crippen LogP contribution in [0.1, 0.15) is 5.56 Å². The van der Waals surface area contributed by atoms with E-state index >= 15 is 0 Å². The first kappa shape index (κ1) is 9.36. The van der Waals surface area contributed by atoms with Gasteiger partial charge in [0.05, 0.1) is 4.92 Å². The molecule has 2 rings (SSSR count). The zero-order chi connectivity index (χ0) is 10.3. The van der Waals surface area contributed by atoms with Gasteiger partial charge in [-0.05, 0) is 24.5 Å². The van der Waals surface area contributed by atoms with Gasteiger partial charge in [0.25, 0.3) is 5.69 Å². The highest BCUT2D eigenvalue weighted by molar-refractivity contribution is 7.12. The monoisotopic (exact) mass is 228 g/mol. The highest BCUT2D eigenvalue weighted by atomic mass is 35.5. The standard InChI is InChI=1S/C8H5ClN2O2S/c1-4-2-3-5-6(7(4)11(12)13)10-14-8(5)9/h2-3H,1H3. The van der Waals surface area contributed by atoms with Gasteiger partial charge >= 0.3 is 0 Å². The first-order valence-electron chi connectivity index (χ1n) is 3.80. The molecule has 6 heteroatoms. The molecule has 0 amide bonds. The minimum absolute atomic E-state index is 0.0469. The van der Waals surface area contributed by atoms with Crippen LogP contribution in [0, 0.1) is 17.0 Å². The summed E-state index contributed by atoms with van der Waals surface area (Å²) >= 11 is 6.90. The van der Waals surface area contributed by atoms with E-state index in [1.165, 1.54) is 0 Å². The second-order valence-corrected chi connectivity index (χ2v) is 4.22. The number of halogens is 1. The van der Waals surface area contributed by atoms with Gasteiger partial charge in [-0.25, -0.2) is 0 Å². The van der Waals surface area contributed by atoms with Gasteiger partial charge in [-0.2, -0.15) is 4.37 Å². The lowest BCUT2D eigenvalue weighted by Crippen LogP contribution is -1.92. The Hall–Kier alpha value is -1.20. The van der Waals surface area contributed by atoms with Crippen molar-refractivity contribution in [3.63, 3.8) is 0 Å². The fourth-order valence-electron chi connectivity index (χ4n) is 1.30. The van der Waals surface area contributed by atoms with Gasteiger partial charge in [-0.15, -0.1) is 0 Å². The molecular weight excluding hydrogens is 224 g/mol. The summed E-state index contributed by atoms with van der Waals surface area (Å²) in [4.78, 5) is 10.3. The third-order valence-electron chi connectivity index (χ3n) is 1.96. The fraction of sp³-hybridized carbons (Fsp3) is 0.125. The molecule has 0 saturated carbocycles. The Morgan fingerprint density at radius 3 is 2.93 bits per heavy atom. The van der Waals surface area contributed by atoms with Crippen molar-refractivity contribution in [2.24, 2.45) is 0 Å². The summed E-state index contributed by atoms with van der Waals surface area (Å²) in [6, 6.07) is 3.43. The average molecular weight is 229 g/mol. The molecule has 0 aliphatic carbocycles. The number of aryl methyl sites for hydroxylation is 1. The van der Waals surface area contributed by atoms with Crippen LogP contribution >= 0.6 is 23.1 Å². The molecule has 1 heterocycles. The summed E-state index contributed by atoms with van der Waals surface area (Å²) in [5.74, 6) is 0. The number of aromatic nitrogens is 1. The molecule has 0 N–H and O–H groups in total. The minimum Gasteiger partial charge on any atom is -0.258 e. The molecule has 0 saturated heterocycles. The van der Waals surface area contributed by atoms with E-state index in [9.17, 15) is 10.1 Å². The number of hydrogen-bond donors (Lipinski definition) is 0. The van der Waals surface area contributed by atoms with Gasteiger partial charge in [-0.3, -0.25) is 10.1 Å². The van der Waals surface area contributed by atoms with Crippen LogP contribution < -0.4 is 0 Å². The number of rotatable bonds is 1. The molecule has 2 aromatic rings. The lowest BCUT2D eigenvalue weighted by atomic mass is 10.1. The second kappa shape index (κ2) is 3.18. The number of benzene rings is 1. The Bertz CT molecular complexity index is 523. The van der Waals surface area contributed by atoms with E-state index in [-0.39, 0.29) is 5.69 Å². The maximum absolute atomic E-state index is 10.8. The van der Waals surface area contributed by atoms with E-state index in [0.717, 1.165) is 11.5 Å². The quantitative estimate of drug-likeness (QED) is 0.556. The highest BCUT2D eigenvalue weighted by Crippen LogP contribution is 2.34. The van der Waals surface area contributed by atoms with Crippen molar-refractivity contribution < 1.29 is 4.92 Å². The van der Waals surface area contributed by atoms with Crippen LogP contribution in [0.5, 0.6) is 0 Å². The summed E-state index contributed by atoms with van der Waals surface area (Å²) in [7, 11) is 0. The SMILES string of the molecule is Cc1ccc2c(Cl)snc2c1[N+](=O)[O-]. The molecule has 0 bridgehead atoms. The first-order valence-corrected chi connectivity index (χ1v) is 4.95. The molecular formula is C8H5ClN2O2S. The summed E-state index contributed by atoms with van der Waals surface area (Å²) < 4.78 is 4.46. The van der Waals surface area contributed by atoms with Crippen molar-refractivity contribution in [3.8, 4) is 0 Å². The number of hydrogen-bond acceptors (Lipinski definition) is 4. The van der Waals surface area contributed by atoms with Crippen LogP contribution in [0.25, 0.3) is 10.9 Å². The molecule has 0 aliphatic heterocycles. The first-order chi connectivity index (χ1) is 6.61. The van der Waals surface area contributed by atoms with Gasteiger partial charge in [0.1, 0.15) is 4.34 Å². The lowest BCUT2D eigenvalue weighted by Gasteiger charge is -1.96. The molecule has 0 aliphatic rings. The van der Waals surface area contributed by atoms with Gasteiger partial charge in [0.15, 0.2) is 5.52 Å². The Balaban J connectivity index is 2.90. The number of nitrogens with zero attached hydrogens (tertiary/aromatic N) is 2. The summed E-state index contributed by atoms with van der Waals surface area (Å²) in [6.07, 6.45) is 0. The van der Waals surface area contributed by atoms with E-state index in [1.54, 1.807) is 19.1 Å². The Kier molecular flexibility index (Phi) is 2.13. The van der Waals surface area contributed by atoms with Gasteiger partial charge < -0.3 is 0 Å². The van der Waals surface area contributed by atoms with E-state index in [2.05, 4.69) is 4.37 Å². The Morgan fingerprint density at radius 1 is 1.57 bits per heavy atom. The zero-order valence-electron chi connectivity index (χ0n) is 7.15. The number of nitro groups is 1. The molecule has 4 nitrogen and oxygen atoms in total. The smallest absolute Gasteiger partial charge is 0.258 e. The van der Waals surface area contributed by atoms with Crippen molar-refractivity contribution in [1.82, 2.24) is 4.37 Å². The van der Waals surface area contributed by atoms with E-state index < -0.39 is 4.92 Å². The molecule has 1 aromatic heterocycles. The highest BCUT2D eigenvalue weighted by Gasteiger charge is 2.19. The predicted molar refractivity (Wildman–Crippen MR) is 56.0 cm³/mol. The van der Waals surface area contributed by atoms with Crippen molar-refractivity contribution in [2.75, 3.05) is 0 Å². The maximum Gasteiger partial charge on any atom is 0.299 e. The molecule has 0 radical (unpaired) electrons. The van der Waals surface area contributed by atoms with Crippen molar-refractivity contribution in [2.45, 2.75) is 6.92 Å². The van der Waals surface area contributed by atoms with Crippen LogP contribution in [0.15, 0.2) is 12.1 Å². The summed E-state index contributed by atoms with van der Waals surface area (Å²) in [5.41, 5.74) is 1.03. The normalized spacial score (nSPS) is 10.7. The maximum atomic E-state index is 10.8. The molecule has 0 spiro atoms. The van der Waals surface area contributed by atoms with Crippen LogP contribution in [-0.2, 0) is 0 Å². The average Bonchev–Trinajstić information content (AvgIpc) is 2.47. The van der Waals surface area contributed by atoms with E-state index in [0.29, 0.717) is 20.8 Å². The third kappa shape index (κ3) is 1.25. The molecule has 14 heavy (non-hydrogen) atoms. The number of fused-ring (bicyclic) bond motifs is 1. The Morgan fingerprint density at radius 2 is 2.29 bits per heavy atom. The van der Waals surface area contributed by atoms with Gasteiger partial charge in [-0.1, -0.05) is 17.7 Å². The van der Waals surface area contributed by atoms with Crippen LogP contribution in [0.2, 0.25) is 4.34 Å². The summed E-state index contributed by atoms with van der Waals surface area (Å²) in [6.45, 7) is 1.69. The largest absolute Gasteiger partial charge is 0.299 e. The van der Waals surface area contributed by atoms with Gasteiger partial charge in [0.2, 0.25) is 0 Å². The minimum atomic E-state index is -0.423. The summed E-state index contributed by atoms with van der Waals surface area (Å²) in [5, 5.41) is 11.4. The molecule has 0 unspecified atom stereocenters. The third-order valence-corrected chi connectivity index (χ3v) is 3.03. The zero-order valence-corrected chi connectivity index (χ0v) is 8.72. The second-order valence-electron chi connectivity index (χ2n) is 2.84. The topological polar surface area (TPSA) is 56.0 Å². The van der Waals surface area contributed by atoms with Crippen LogP contribution in [0.4, 0.5) is 5.69 Å². The van der Waals surface area contributed by atoms with Crippen molar-refractivity contribution in [3.05, 3.63) is 32.1 Å². The molecule has 72 valence electrons. The molecule has 0 atom stereocenters. The van der Waals surface area contributed by atoms with E-state index in [4.69, 9.17) is 11.6 Å². The van der Waals surface area contributed by atoms with E-state index in [1.807, 2.05) is 0 Å². The fourth-order valence-corrected chi connectivity index (χ4v) is 2.17. The number of nitro benzene ring substituents is 1. The van der Waals surface area contributed by atoms with Gasteiger partial charge in [0, 0.05) is 10.9 Å². The van der Waals surface area contributed by atoms with Crippen LogP contribution in [0.3, 0.4) is 0 Å². The Labute approximate surface area is 88.4 Å². The molecule has 0 fully saturated rings. The molecule has 1 aromatic carbocycles. The lowest BCUT2D eigenvalue weighted by molar-refractivity contribution is -0.383. The van der Waals surface area contributed by atoms with Crippen LogP contribution in [-0.4, -0.2) is 9.30 Å².